The number of rotatable bonds is 3. The Kier molecular flexibility index (Phi) is 4.00. The molecule has 5 heteroatoms. The van der Waals surface area contributed by atoms with E-state index in [9.17, 15) is 9.59 Å². The van der Waals surface area contributed by atoms with Crippen molar-refractivity contribution >= 4 is 17.6 Å². The standard InChI is InChI=1S/C15H13NO4/c1-19-14(17)10-4-8-13(9-5-10)20-15(18)11-2-6-12(16)7-3-11/h2-9H,16H2,1H3. The highest BCUT2D eigenvalue weighted by Crippen LogP contribution is 2.15. The smallest absolute Gasteiger partial charge is 0.343 e. The molecule has 0 spiro atoms. The lowest BCUT2D eigenvalue weighted by Crippen LogP contribution is -2.08. The summed E-state index contributed by atoms with van der Waals surface area (Å²) in [6.07, 6.45) is 0. The van der Waals surface area contributed by atoms with Crippen molar-refractivity contribution < 1.29 is 19.1 Å². The molecule has 0 aliphatic rings. The van der Waals surface area contributed by atoms with Crippen LogP contribution in [0.1, 0.15) is 20.7 Å². The van der Waals surface area contributed by atoms with Gasteiger partial charge in [0.2, 0.25) is 0 Å². The Morgan fingerprint density at radius 3 is 1.90 bits per heavy atom. The molecule has 20 heavy (non-hydrogen) atoms. The van der Waals surface area contributed by atoms with E-state index >= 15 is 0 Å². The Hall–Kier alpha value is -2.82. The van der Waals surface area contributed by atoms with Crippen LogP contribution in [0.4, 0.5) is 5.69 Å². The lowest BCUT2D eigenvalue weighted by molar-refractivity contribution is 0.0600. The molecule has 2 rings (SSSR count). The molecule has 0 heterocycles. The number of methoxy groups -OCH3 is 1. The minimum Gasteiger partial charge on any atom is -0.465 e. The number of hydrogen-bond donors (Lipinski definition) is 1. The topological polar surface area (TPSA) is 78.6 Å². The Balaban J connectivity index is 2.08. The van der Waals surface area contributed by atoms with Crippen LogP contribution in [0.15, 0.2) is 48.5 Å². The van der Waals surface area contributed by atoms with E-state index in [1.165, 1.54) is 31.4 Å². The Morgan fingerprint density at radius 2 is 1.35 bits per heavy atom. The van der Waals surface area contributed by atoms with Crippen molar-refractivity contribution in [3.63, 3.8) is 0 Å². The second kappa shape index (κ2) is 5.88. The summed E-state index contributed by atoms with van der Waals surface area (Å²) in [7, 11) is 1.30. The van der Waals surface area contributed by atoms with E-state index in [-0.39, 0.29) is 0 Å². The molecule has 0 radical (unpaired) electrons. The van der Waals surface area contributed by atoms with E-state index in [4.69, 9.17) is 10.5 Å². The van der Waals surface area contributed by atoms with Gasteiger partial charge in [-0.15, -0.1) is 0 Å². The number of anilines is 1. The van der Waals surface area contributed by atoms with E-state index in [1.807, 2.05) is 0 Å². The van der Waals surface area contributed by atoms with Gasteiger partial charge in [0.15, 0.2) is 0 Å². The van der Waals surface area contributed by atoms with Crippen LogP contribution in [0.3, 0.4) is 0 Å². The summed E-state index contributed by atoms with van der Waals surface area (Å²) >= 11 is 0. The molecular formula is C15H13NO4. The maximum absolute atomic E-state index is 11.8. The number of benzene rings is 2. The summed E-state index contributed by atoms with van der Waals surface area (Å²) in [5.74, 6) is -0.586. The first-order chi connectivity index (χ1) is 9.60. The zero-order valence-corrected chi connectivity index (χ0v) is 10.8. The molecule has 0 fully saturated rings. The molecule has 2 N–H and O–H groups in total. The molecule has 0 aliphatic carbocycles. The predicted molar refractivity (Wildman–Crippen MR) is 73.6 cm³/mol. The highest BCUT2D eigenvalue weighted by Gasteiger charge is 2.09. The number of hydrogen-bond acceptors (Lipinski definition) is 5. The average molecular weight is 271 g/mol. The molecule has 0 bridgehead atoms. The van der Waals surface area contributed by atoms with E-state index in [1.54, 1.807) is 24.3 Å². The average Bonchev–Trinajstić information content (AvgIpc) is 2.48. The van der Waals surface area contributed by atoms with E-state index in [0.717, 1.165) is 0 Å². The number of ether oxygens (including phenoxy) is 2. The van der Waals surface area contributed by atoms with Crippen molar-refractivity contribution in [2.45, 2.75) is 0 Å². The molecule has 5 nitrogen and oxygen atoms in total. The van der Waals surface area contributed by atoms with Crippen LogP contribution < -0.4 is 10.5 Å². The van der Waals surface area contributed by atoms with Gasteiger partial charge in [0.1, 0.15) is 5.75 Å². The van der Waals surface area contributed by atoms with Crippen LogP contribution in [0.25, 0.3) is 0 Å². The van der Waals surface area contributed by atoms with E-state index in [2.05, 4.69) is 4.74 Å². The third-order valence-corrected chi connectivity index (χ3v) is 2.63. The second-order valence-corrected chi connectivity index (χ2v) is 4.03. The first kappa shape index (κ1) is 13.6. The first-order valence-corrected chi connectivity index (χ1v) is 5.86. The number of nitrogen functional groups attached to an aromatic ring is 1. The molecule has 0 saturated carbocycles. The molecule has 0 saturated heterocycles. The molecule has 2 aromatic carbocycles. The molecule has 2 aromatic rings. The van der Waals surface area contributed by atoms with Crippen molar-refractivity contribution in [1.29, 1.82) is 0 Å². The summed E-state index contributed by atoms with van der Waals surface area (Å²) in [6.45, 7) is 0. The van der Waals surface area contributed by atoms with Gasteiger partial charge in [0, 0.05) is 5.69 Å². The molecular weight excluding hydrogens is 258 g/mol. The normalized spacial score (nSPS) is 9.85. The van der Waals surface area contributed by atoms with Crippen LogP contribution in [0.2, 0.25) is 0 Å². The number of carbonyl (C=O) groups is 2. The van der Waals surface area contributed by atoms with Gasteiger partial charge in [0.25, 0.3) is 0 Å². The Morgan fingerprint density at radius 1 is 0.850 bits per heavy atom. The lowest BCUT2D eigenvalue weighted by Gasteiger charge is -2.05. The highest BCUT2D eigenvalue weighted by atomic mass is 16.5. The fraction of sp³-hybridized carbons (Fsp3) is 0.0667. The summed E-state index contributed by atoms with van der Waals surface area (Å²) in [4.78, 5) is 23.1. The molecule has 0 aliphatic heterocycles. The zero-order valence-electron chi connectivity index (χ0n) is 10.8. The number of carbonyl (C=O) groups excluding carboxylic acids is 2. The van der Waals surface area contributed by atoms with Crippen LogP contribution in [0, 0.1) is 0 Å². The van der Waals surface area contributed by atoms with Crippen molar-refractivity contribution in [2.24, 2.45) is 0 Å². The minimum absolute atomic E-state index is 0.347. The fourth-order valence-corrected chi connectivity index (χ4v) is 1.56. The first-order valence-electron chi connectivity index (χ1n) is 5.86. The second-order valence-electron chi connectivity index (χ2n) is 4.03. The van der Waals surface area contributed by atoms with Crippen molar-refractivity contribution in [1.82, 2.24) is 0 Å². The Labute approximate surface area is 115 Å². The fourth-order valence-electron chi connectivity index (χ4n) is 1.56. The maximum atomic E-state index is 11.8. The third kappa shape index (κ3) is 3.14. The minimum atomic E-state index is -0.490. The highest BCUT2D eigenvalue weighted by molar-refractivity contribution is 5.92. The van der Waals surface area contributed by atoms with Gasteiger partial charge in [-0.1, -0.05) is 0 Å². The lowest BCUT2D eigenvalue weighted by atomic mass is 10.2. The van der Waals surface area contributed by atoms with Gasteiger partial charge in [-0.25, -0.2) is 9.59 Å². The SMILES string of the molecule is COC(=O)c1ccc(OC(=O)c2ccc(N)cc2)cc1. The van der Waals surface area contributed by atoms with Gasteiger partial charge in [-0.2, -0.15) is 0 Å². The summed E-state index contributed by atoms with van der Waals surface area (Å²) in [5, 5.41) is 0. The zero-order chi connectivity index (χ0) is 14.5. The van der Waals surface area contributed by atoms with Gasteiger partial charge in [0.05, 0.1) is 18.2 Å². The Bertz CT molecular complexity index is 617. The van der Waals surface area contributed by atoms with E-state index in [0.29, 0.717) is 22.6 Å². The summed E-state index contributed by atoms with van der Waals surface area (Å²) < 4.78 is 9.76. The third-order valence-electron chi connectivity index (χ3n) is 2.63. The molecule has 0 aromatic heterocycles. The van der Waals surface area contributed by atoms with Crippen molar-refractivity contribution in [3.05, 3.63) is 59.7 Å². The maximum Gasteiger partial charge on any atom is 0.343 e. The predicted octanol–water partition coefficient (Wildman–Crippen LogP) is 2.27. The number of nitrogens with two attached hydrogens (primary N) is 1. The van der Waals surface area contributed by atoms with Crippen LogP contribution in [0.5, 0.6) is 5.75 Å². The largest absolute Gasteiger partial charge is 0.465 e. The van der Waals surface area contributed by atoms with Crippen LogP contribution in [-0.2, 0) is 4.74 Å². The molecule has 102 valence electrons. The monoisotopic (exact) mass is 271 g/mol. The molecule has 0 atom stereocenters. The van der Waals surface area contributed by atoms with Crippen molar-refractivity contribution in [3.8, 4) is 5.75 Å². The van der Waals surface area contributed by atoms with Crippen LogP contribution in [-0.4, -0.2) is 19.0 Å². The van der Waals surface area contributed by atoms with Gasteiger partial charge in [-0.05, 0) is 48.5 Å². The van der Waals surface area contributed by atoms with Gasteiger partial charge >= 0.3 is 11.9 Å². The van der Waals surface area contributed by atoms with Crippen molar-refractivity contribution in [2.75, 3.05) is 12.8 Å². The van der Waals surface area contributed by atoms with Gasteiger partial charge in [-0.3, -0.25) is 0 Å². The van der Waals surface area contributed by atoms with E-state index < -0.39 is 11.9 Å². The number of esters is 2. The molecule has 0 amide bonds. The summed E-state index contributed by atoms with van der Waals surface area (Å²) in [6, 6.07) is 12.5. The molecule has 0 unspecified atom stereocenters. The summed E-state index contributed by atoms with van der Waals surface area (Å²) in [5.41, 5.74) is 6.90. The van der Waals surface area contributed by atoms with Crippen LogP contribution >= 0.6 is 0 Å². The van der Waals surface area contributed by atoms with Gasteiger partial charge < -0.3 is 15.2 Å². The quantitative estimate of drug-likeness (QED) is 0.526.